The Morgan fingerprint density at radius 1 is 0.766 bits per heavy atom. The summed E-state index contributed by atoms with van der Waals surface area (Å²) in [5.74, 6) is 1.52. The second kappa shape index (κ2) is 19.7. The summed E-state index contributed by atoms with van der Waals surface area (Å²) in [7, 11) is 1.56. The molecule has 4 aliphatic rings. The lowest BCUT2D eigenvalue weighted by molar-refractivity contribution is 0.0696. The lowest BCUT2D eigenvalue weighted by Gasteiger charge is -2.34. The van der Waals surface area contributed by atoms with Crippen LogP contribution in [0, 0.1) is 6.92 Å². The summed E-state index contributed by atoms with van der Waals surface area (Å²) >= 11 is 0. The van der Waals surface area contributed by atoms with Gasteiger partial charge >= 0.3 is 6.09 Å². The highest BCUT2D eigenvalue weighted by molar-refractivity contribution is 6.04. The first-order valence-corrected chi connectivity index (χ1v) is 22.1. The predicted molar refractivity (Wildman–Crippen MR) is 251 cm³/mol. The van der Waals surface area contributed by atoms with E-state index in [2.05, 4.69) is 48.9 Å². The molecule has 1 unspecified atom stereocenters. The summed E-state index contributed by atoms with van der Waals surface area (Å²) in [6, 6.07) is 19.4. The normalized spacial score (nSPS) is 17.2. The first-order chi connectivity index (χ1) is 31.1. The molecule has 4 aromatic rings. The second-order valence-electron chi connectivity index (χ2n) is 16.8. The number of hydrogen-bond acceptors (Lipinski definition) is 10. The standard InChI is InChI=1S/C51H56N6O7/c1-6-8-12-33(4)54-38-15-13-34-23-40-28-52-44-26-46(32(3)20-42(44)49(58)56(40)30-36(34)21-38)62-18-10-9-11-19-63-48-27-45-43(25-47(48)61-5)50(59)57-31-37-22-39(55-51(60)64-17-7-2)16-14-35(37)24-41(57)29-53-45/h6-7,13-16,20-22,25-29,33,40-41,54H,1-2,8-12,17-19,23-24,30-31H2,3-5H3,(H,55,60)/t33?,40-,41-/m0/s1. The largest absolute Gasteiger partial charge is 0.493 e. The van der Waals surface area contributed by atoms with Crippen molar-refractivity contribution >= 4 is 53.1 Å². The molecular weight excluding hydrogens is 809 g/mol. The molecule has 0 fully saturated rings. The molecule has 0 aromatic heterocycles. The second-order valence-corrected chi connectivity index (χ2v) is 16.8. The number of fused-ring (bicyclic) bond motifs is 6. The number of nitrogens with one attached hydrogen (secondary N) is 2. The Balaban J connectivity index is 0.829. The van der Waals surface area contributed by atoms with Gasteiger partial charge in [0.1, 0.15) is 12.4 Å². The quantitative estimate of drug-likeness (QED) is 0.0789. The Kier molecular flexibility index (Phi) is 13.4. The third kappa shape index (κ3) is 9.68. The topological polar surface area (TPSA) is 143 Å². The Labute approximate surface area is 374 Å². The van der Waals surface area contributed by atoms with Crippen molar-refractivity contribution in [2.75, 3.05) is 37.6 Å². The number of aryl methyl sites for hydroxylation is 1. The van der Waals surface area contributed by atoms with Gasteiger partial charge in [-0.1, -0.05) is 30.9 Å². The van der Waals surface area contributed by atoms with Gasteiger partial charge in [-0.3, -0.25) is 24.9 Å². The van der Waals surface area contributed by atoms with Crippen LogP contribution < -0.4 is 24.8 Å². The molecule has 13 heteroatoms. The number of unbranched alkanes of at least 4 members (excludes halogenated alkanes) is 2. The molecule has 3 amide bonds. The van der Waals surface area contributed by atoms with Crippen molar-refractivity contribution < 1.29 is 33.3 Å². The smallest absolute Gasteiger partial charge is 0.411 e. The van der Waals surface area contributed by atoms with Crippen LogP contribution in [0.5, 0.6) is 17.2 Å². The van der Waals surface area contributed by atoms with Crippen LogP contribution in [-0.2, 0) is 30.7 Å². The molecule has 64 heavy (non-hydrogen) atoms. The minimum Gasteiger partial charge on any atom is -0.493 e. The molecule has 4 aromatic carbocycles. The monoisotopic (exact) mass is 864 g/mol. The lowest BCUT2D eigenvalue weighted by atomic mass is 9.93. The Hall–Kier alpha value is -6.89. The van der Waals surface area contributed by atoms with Crippen molar-refractivity contribution in [3.8, 4) is 17.2 Å². The molecule has 3 atom stereocenters. The SMILES string of the molecule is C=CCCC(C)Nc1ccc2c(c1)CN1C(=O)c3cc(C)c(OCCCCCOc4cc5c(cc4OC)C(=O)N4Cc6cc(NC(=O)OCC=C)ccc6C[C@H]4C=N5)cc3N=C[C@@H]1C2. The highest BCUT2D eigenvalue weighted by Gasteiger charge is 2.35. The highest BCUT2D eigenvalue weighted by atomic mass is 16.5. The number of methoxy groups -OCH3 is 1. The van der Waals surface area contributed by atoms with Crippen molar-refractivity contribution in [3.63, 3.8) is 0 Å². The minimum atomic E-state index is -0.571. The summed E-state index contributed by atoms with van der Waals surface area (Å²) in [6.45, 7) is 13.5. The summed E-state index contributed by atoms with van der Waals surface area (Å²) < 4.78 is 23.2. The van der Waals surface area contributed by atoms with E-state index < -0.39 is 6.09 Å². The van der Waals surface area contributed by atoms with E-state index >= 15 is 0 Å². The first kappa shape index (κ1) is 43.7. The van der Waals surface area contributed by atoms with Crippen LogP contribution in [-0.4, -0.2) is 85.2 Å². The number of benzene rings is 4. The zero-order valence-electron chi connectivity index (χ0n) is 36.9. The van der Waals surface area contributed by atoms with Gasteiger partial charge in [0.2, 0.25) is 0 Å². The highest BCUT2D eigenvalue weighted by Crippen LogP contribution is 2.40. The molecule has 8 rings (SSSR count). The number of allylic oxidation sites excluding steroid dienone is 1. The molecule has 4 heterocycles. The molecule has 2 N–H and O–H groups in total. The fourth-order valence-corrected chi connectivity index (χ4v) is 8.71. The van der Waals surface area contributed by atoms with E-state index in [9.17, 15) is 14.4 Å². The van der Waals surface area contributed by atoms with E-state index in [0.717, 1.165) is 72.2 Å². The molecule has 4 aliphatic heterocycles. The van der Waals surface area contributed by atoms with Crippen LogP contribution in [0.25, 0.3) is 0 Å². The van der Waals surface area contributed by atoms with Gasteiger partial charge in [-0.25, -0.2) is 4.79 Å². The number of carbonyl (C=O) groups excluding carboxylic acids is 3. The molecule has 0 aliphatic carbocycles. The van der Waals surface area contributed by atoms with E-state index in [4.69, 9.17) is 28.9 Å². The van der Waals surface area contributed by atoms with Crippen LogP contribution >= 0.6 is 0 Å². The zero-order valence-corrected chi connectivity index (χ0v) is 36.9. The summed E-state index contributed by atoms with van der Waals surface area (Å²) in [5.41, 5.74) is 9.14. The van der Waals surface area contributed by atoms with Crippen molar-refractivity contribution in [1.82, 2.24) is 9.80 Å². The van der Waals surface area contributed by atoms with Crippen LogP contribution in [0.15, 0.2) is 96.0 Å². The molecule has 13 nitrogen and oxygen atoms in total. The number of hydrogen-bond donors (Lipinski definition) is 2. The molecule has 0 spiro atoms. The number of ether oxygens (including phenoxy) is 4. The summed E-state index contributed by atoms with van der Waals surface area (Å²) in [6.07, 6.45) is 12.3. The van der Waals surface area contributed by atoms with Gasteiger partial charge in [0.25, 0.3) is 11.8 Å². The average Bonchev–Trinajstić information content (AvgIpc) is 3.51. The van der Waals surface area contributed by atoms with E-state index in [0.29, 0.717) is 78.5 Å². The Morgan fingerprint density at radius 2 is 1.36 bits per heavy atom. The van der Waals surface area contributed by atoms with Crippen LogP contribution in [0.1, 0.15) is 87.6 Å². The van der Waals surface area contributed by atoms with Gasteiger partial charge in [0, 0.05) is 55.1 Å². The number of rotatable bonds is 17. The van der Waals surface area contributed by atoms with E-state index in [1.54, 1.807) is 24.1 Å². The van der Waals surface area contributed by atoms with E-state index in [-0.39, 0.29) is 30.5 Å². The molecule has 0 radical (unpaired) electrons. The zero-order chi connectivity index (χ0) is 44.7. The third-order valence-corrected chi connectivity index (χ3v) is 12.2. The van der Waals surface area contributed by atoms with Crippen molar-refractivity contribution in [3.05, 3.63) is 125 Å². The molecule has 332 valence electrons. The Bertz CT molecular complexity index is 2520. The summed E-state index contributed by atoms with van der Waals surface area (Å²) in [4.78, 5) is 53.4. The summed E-state index contributed by atoms with van der Waals surface area (Å²) in [5, 5.41) is 6.33. The number of amides is 3. The molecular formula is C51H56N6O7. The van der Waals surface area contributed by atoms with Gasteiger partial charge < -0.3 is 34.1 Å². The van der Waals surface area contributed by atoms with Gasteiger partial charge in [0.15, 0.2) is 11.5 Å². The fraction of sp³-hybridized carbons (Fsp3) is 0.353. The maximum Gasteiger partial charge on any atom is 0.411 e. The molecule has 0 saturated carbocycles. The number of anilines is 2. The van der Waals surface area contributed by atoms with Crippen LogP contribution in [0.4, 0.5) is 27.5 Å². The van der Waals surface area contributed by atoms with Crippen molar-refractivity contribution in [2.45, 2.75) is 90.0 Å². The average molecular weight is 865 g/mol. The van der Waals surface area contributed by atoms with Gasteiger partial charge in [-0.15, -0.1) is 6.58 Å². The Morgan fingerprint density at radius 3 is 1.98 bits per heavy atom. The van der Waals surface area contributed by atoms with E-state index in [1.807, 2.05) is 60.7 Å². The molecule has 0 bridgehead atoms. The van der Waals surface area contributed by atoms with Gasteiger partial charge in [-0.2, -0.15) is 0 Å². The lowest BCUT2D eigenvalue weighted by Crippen LogP contribution is -2.44. The number of nitrogens with zero attached hydrogens (tertiary/aromatic N) is 4. The number of carbonyl (C=O) groups is 3. The van der Waals surface area contributed by atoms with Crippen molar-refractivity contribution in [2.24, 2.45) is 9.98 Å². The third-order valence-electron chi connectivity index (χ3n) is 12.2. The number of aliphatic imine (C=N–C) groups is 2. The van der Waals surface area contributed by atoms with Crippen molar-refractivity contribution in [1.29, 1.82) is 0 Å². The maximum atomic E-state index is 14.0. The van der Waals surface area contributed by atoms with Gasteiger partial charge in [-0.05, 0) is 123 Å². The van der Waals surface area contributed by atoms with Gasteiger partial charge in [0.05, 0.1) is 54.9 Å². The molecule has 0 saturated heterocycles. The van der Waals surface area contributed by atoms with Crippen LogP contribution in [0.2, 0.25) is 0 Å². The predicted octanol–water partition coefficient (Wildman–Crippen LogP) is 9.70. The minimum absolute atomic E-state index is 0.0172. The fourth-order valence-electron chi connectivity index (χ4n) is 8.71. The first-order valence-electron chi connectivity index (χ1n) is 22.1. The van der Waals surface area contributed by atoms with E-state index in [1.165, 1.54) is 11.6 Å². The maximum absolute atomic E-state index is 14.0. The van der Waals surface area contributed by atoms with Crippen LogP contribution in [0.3, 0.4) is 0 Å².